The molecule has 3 heterocycles. The molecule has 2 aromatic heterocycles. The molecule has 2 aromatic carbocycles. The summed E-state index contributed by atoms with van der Waals surface area (Å²) >= 11 is 0. The van der Waals surface area contributed by atoms with E-state index in [2.05, 4.69) is 34.6 Å². The Balaban J connectivity index is 0.000000560. The summed E-state index contributed by atoms with van der Waals surface area (Å²) in [7, 11) is 0. The smallest absolute Gasteiger partial charge is 0.454 e. The van der Waals surface area contributed by atoms with Crippen LogP contribution in [0.3, 0.4) is 0 Å². The molecule has 2 aliphatic rings. The zero-order valence-corrected chi connectivity index (χ0v) is 18.6. The van der Waals surface area contributed by atoms with Crippen molar-refractivity contribution in [2.24, 2.45) is 0 Å². The fourth-order valence-electron chi connectivity index (χ4n) is 4.67. The molecule has 176 valence electrons. The van der Waals surface area contributed by atoms with Crippen LogP contribution in [-0.2, 0) is 6.54 Å². The number of anilines is 1. The number of carboxylic acid groups (broad SMARTS) is 2. The number of hydrogen-bond acceptors (Lipinski definition) is 6. The van der Waals surface area contributed by atoms with Crippen molar-refractivity contribution in [1.82, 2.24) is 15.0 Å². The molecule has 0 radical (unpaired) electrons. The van der Waals surface area contributed by atoms with Gasteiger partial charge in [0, 0.05) is 23.4 Å². The first kappa shape index (κ1) is 21.8. The van der Waals surface area contributed by atoms with Gasteiger partial charge in [-0.15, -0.1) is 0 Å². The molecule has 4 N–H and O–H groups in total. The lowest BCUT2D eigenvalue weighted by Crippen LogP contribution is -2.11. The van der Waals surface area contributed by atoms with Gasteiger partial charge in [0.05, 0.1) is 5.39 Å². The van der Waals surface area contributed by atoms with E-state index in [1.807, 2.05) is 18.2 Å². The molecule has 34 heavy (non-hydrogen) atoms. The van der Waals surface area contributed by atoms with Gasteiger partial charge in [-0.25, -0.2) is 14.8 Å². The van der Waals surface area contributed by atoms with Crippen LogP contribution in [0.1, 0.15) is 49.4 Å². The van der Waals surface area contributed by atoms with Gasteiger partial charge in [0.1, 0.15) is 17.3 Å². The van der Waals surface area contributed by atoms with E-state index in [1.54, 1.807) is 0 Å². The van der Waals surface area contributed by atoms with Gasteiger partial charge >= 0.3 is 6.16 Å². The molecule has 0 saturated heterocycles. The third-order valence-electron chi connectivity index (χ3n) is 6.24. The van der Waals surface area contributed by atoms with Gasteiger partial charge in [0.25, 0.3) is 0 Å². The molecule has 4 aromatic rings. The first-order valence-corrected chi connectivity index (χ1v) is 11.4. The van der Waals surface area contributed by atoms with Crippen molar-refractivity contribution in [3.05, 3.63) is 53.9 Å². The van der Waals surface area contributed by atoms with Gasteiger partial charge in [-0.2, -0.15) is 0 Å². The minimum Gasteiger partial charge on any atom is -0.454 e. The first-order valence-electron chi connectivity index (χ1n) is 11.4. The molecule has 9 nitrogen and oxygen atoms in total. The molecule has 1 saturated carbocycles. The van der Waals surface area contributed by atoms with E-state index in [-0.39, 0.29) is 0 Å². The van der Waals surface area contributed by atoms with Crippen molar-refractivity contribution < 1.29 is 24.5 Å². The van der Waals surface area contributed by atoms with Crippen LogP contribution in [0.5, 0.6) is 11.5 Å². The predicted molar refractivity (Wildman–Crippen MR) is 128 cm³/mol. The van der Waals surface area contributed by atoms with Crippen molar-refractivity contribution in [2.75, 3.05) is 12.1 Å². The number of benzene rings is 2. The number of ether oxygens (including phenoxy) is 2. The molecule has 0 bridgehead atoms. The summed E-state index contributed by atoms with van der Waals surface area (Å²) in [5, 5.41) is 19.7. The Kier molecular flexibility index (Phi) is 6.07. The van der Waals surface area contributed by atoms with Gasteiger partial charge in [0.15, 0.2) is 11.5 Å². The van der Waals surface area contributed by atoms with Crippen LogP contribution in [0, 0.1) is 0 Å². The second-order valence-corrected chi connectivity index (χ2v) is 8.48. The lowest BCUT2D eigenvalue weighted by molar-refractivity contribution is 0.137. The maximum Gasteiger partial charge on any atom is 0.503 e. The number of fused-ring (bicyclic) bond motifs is 4. The van der Waals surface area contributed by atoms with Crippen LogP contribution >= 0.6 is 0 Å². The molecular formula is C25H26N4O5. The molecule has 6 rings (SSSR count). The third kappa shape index (κ3) is 4.54. The largest absolute Gasteiger partial charge is 0.503 e. The number of para-hydroxylation sites is 1. The second kappa shape index (κ2) is 9.46. The summed E-state index contributed by atoms with van der Waals surface area (Å²) in [5.74, 6) is 3.91. The van der Waals surface area contributed by atoms with E-state index < -0.39 is 6.16 Å². The van der Waals surface area contributed by atoms with Crippen LogP contribution in [0.4, 0.5) is 10.6 Å². The summed E-state index contributed by atoms with van der Waals surface area (Å²) in [6, 6.07) is 14.4. The molecule has 1 aliphatic heterocycles. The Morgan fingerprint density at radius 2 is 1.79 bits per heavy atom. The lowest BCUT2D eigenvalue weighted by Gasteiger charge is -2.21. The van der Waals surface area contributed by atoms with Crippen molar-refractivity contribution in [3.8, 4) is 11.5 Å². The molecule has 0 amide bonds. The van der Waals surface area contributed by atoms with Gasteiger partial charge in [-0.05, 0) is 36.6 Å². The van der Waals surface area contributed by atoms with Gasteiger partial charge in [-0.1, -0.05) is 43.5 Å². The highest BCUT2D eigenvalue weighted by atomic mass is 16.7. The lowest BCUT2D eigenvalue weighted by atomic mass is 9.88. The molecule has 1 fully saturated rings. The van der Waals surface area contributed by atoms with Crippen molar-refractivity contribution in [1.29, 1.82) is 0 Å². The standard InChI is InChI=1S/C24H24N4O2.CH2O3/c1-2-6-16(7-3-1)22-27-23(21-17-8-4-5-9-18(17)26-24(21)28-22)25-13-15-10-11-19-20(12-15)30-14-29-19;2-1(3)4/h4-5,8-12,16H,1-3,6-7,13-14H2,(H2,25,26,27,28);(H2,2,3,4). The number of nitrogens with zero attached hydrogens (tertiary/aromatic N) is 2. The number of rotatable bonds is 4. The van der Waals surface area contributed by atoms with Crippen LogP contribution in [0.2, 0.25) is 0 Å². The zero-order chi connectivity index (χ0) is 23.5. The summed E-state index contributed by atoms with van der Waals surface area (Å²) in [4.78, 5) is 22.1. The molecule has 0 unspecified atom stereocenters. The average molecular weight is 463 g/mol. The quantitative estimate of drug-likeness (QED) is 0.303. The summed E-state index contributed by atoms with van der Waals surface area (Å²) < 4.78 is 11.0. The monoisotopic (exact) mass is 462 g/mol. The number of nitrogens with one attached hydrogen (secondary N) is 2. The van der Waals surface area contributed by atoms with Gasteiger partial charge in [-0.3, -0.25) is 0 Å². The Morgan fingerprint density at radius 1 is 1.03 bits per heavy atom. The first-order chi connectivity index (χ1) is 16.6. The number of aromatic amines is 1. The van der Waals surface area contributed by atoms with E-state index >= 15 is 0 Å². The maximum atomic E-state index is 8.56. The predicted octanol–water partition coefficient (Wildman–Crippen LogP) is 5.72. The number of carbonyl (C=O) groups is 1. The Hall–Kier alpha value is -4.01. The van der Waals surface area contributed by atoms with Crippen LogP contribution in [0.15, 0.2) is 42.5 Å². The second-order valence-electron chi connectivity index (χ2n) is 8.48. The molecule has 1 aliphatic carbocycles. The molecule has 0 spiro atoms. The number of aromatic nitrogens is 3. The highest BCUT2D eigenvalue weighted by Crippen LogP contribution is 2.36. The van der Waals surface area contributed by atoms with E-state index in [9.17, 15) is 0 Å². The normalized spacial score (nSPS) is 15.2. The molecule has 9 heteroatoms. The van der Waals surface area contributed by atoms with Crippen LogP contribution in [-0.4, -0.2) is 38.1 Å². The zero-order valence-electron chi connectivity index (χ0n) is 18.6. The SMILES string of the molecule is O=C(O)O.c1ccc2c(c1)[nH]c1nc(C3CCCCC3)nc(NCc3ccc4c(c3)OCO4)c12. The fraction of sp³-hybridized carbons (Fsp3) is 0.320. The minimum atomic E-state index is -1.83. The van der Waals surface area contributed by atoms with Crippen molar-refractivity contribution >= 4 is 33.9 Å². The number of hydrogen-bond donors (Lipinski definition) is 4. The summed E-state index contributed by atoms with van der Waals surface area (Å²) in [5.41, 5.74) is 3.14. The van der Waals surface area contributed by atoms with Crippen molar-refractivity contribution in [2.45, 2.75) is 44.6 Å². The van der Waals surface area contributed by atoms with E-state index in [4.69, 9.17) is 34.4 Å². The fourth-order valence-corrected chi connectivity index (χ4v) is 4.67. The molecular weight excluding hydrogens is 436 g/mol. The number of H-pyrrole nitrogens is 1. The van der Waals surface area contributed by atoms with E-state index in [0.29, 0.717) is 19.3 Å². The highest BCUT2D eigenvalue weighted by Gasteiger charge is 2.22. The Labute approximate surface area is 195 Å². The minimum absolute atomic E-state index is 0.291. The maximum absolute atomic E-state index is 8.56. The summed E-state index contributed by atoms with van der Waals surface area (Å²) in [6.07, 6.45) is 4.36. The average Bonchev–Trinajstić information content (AvgIpc) is 3.46. The van der Waals surface area contributed by atoms with Gasteiger partial charge in [0.2, 0.25) is 6.79 Å². The van der Waals surface area contributed by atoms with E-state index in [0.717, 1.165) is 50.6 Å². The Morgan fingerprint density at radius 3 is 2.62 bits per heavy atom. The third-order valence-corrected chi connectivity index (χ3v) is 6.24. The van der Waals surface area contributed by atoms with Crippen LogP contribution in [0.25, 0.3) is 21.9 Å². The topological polar surface area (TPSA) is 130 Å². The molecule has 0 atom stereocenters. The summed E-state index contributed by atoms with van der Waals surface area (Å²) in [6.45, 7) is 0.950. The van der Waals surface area contributed by atoms with Crippen molar-refractivity contribution in [3.63, 3.8) is 0 Å². The Bertz CT molecular complexity index is 1330. The van der Waals surface area contributed by atoms with E-state index in [1.165, 1.54) is 32.1 Å². The highest BCUT2D eigenvalue weighted by molar-refractivity contribution is 6.11. The van der Waals surface area contributed by atoms with Gasteiger partial charge < -0.3 is 30.0 Å². The van der Waals surface area contributed by atoms with Crippen LogP contribution < -0.4 is 14.8 Å².